The van der Waals surface area contributed by atoms with Gasteiger partial charge < -0.3 is 10.6 Å². The van der Waals surface area contributed by atoms with E-state index < -0.39 is 11.0 Å². The van der Waals surface area contributed by atoms with E-state index in [1.807, 2.05) is 18.2 Å². The van der Waals surface area contributed by atoms with Gasteiger partial charge in [-0.15, -0.1) is 5.10 Å². The highest BCUT2D eigenvalue weighted by Crippen LogP contribution is 2.28. The van der Waals surface area contributed by atoms with Gasteiger partial charge in [-0.25, -0.2) is 25.7 Å². The number of anilines is 1. The summed E-state index contributed by atoms with van der Waals surface area (Å²) in [6.45, 7) is 2.06. The fourth-order valence-corrected chi connectivity index (χ4v) is 3.81. The number of benzene rings is 1. The SMILES string of the molecule is NN/N=C(\N)c1c(-c2ccc(N3CCCCC3)nc2)cccc1S(N)=O. The molecule has 0 saturated carbocycles. The molecule has 1 atom stereocenters. The van der Waals surface area contributed by atoms with Crippen LogP contribution in [0.4, 0.5) is 5.82 Å². The number of piperidine rings is 1. The van der Waals surface area contributed by atoms with Crippen LogP contribution in [0, 0.1) is 0 Å². The molecule has 0 radical (unpaired) electrons. The van der Waals surface area contributed by atoms with Crippen molar-refractivity contribution < 1.29 is 4.21 Å². The number of nitrogens with two attached hydrogens (primary N) is 3. The minimum absolute atomic E-state index is 0.108. The minimum atomic E-state index is -1.72. The summed E-state index contributed by atoms with van der Waals surface area (Å²) < 4.78 is 11.9. The summed E-state index contributed by atoms with van der Waals surface area (Å²) in [7, 11) is -1.72. The fraction of sp³-hybridized carbons (Fsp3) is 0.294. The average molecular weight is 373 g/mol. The number of amidine groups is 1. The molecule has 26 heavy (non-hydrogen) atoms. The molecule has 1 aliphatic rings. The van der Waals surface area contributed by atoms with Crippen LogP contribution in [0.5, 0.6) is 0 Å². The first kappa shape index (κ1) is 18.3. The molecule has 3 rings (SSSR count). The highest BCUT2D eigenvalue weighted by molar-refractivity contribution is 7.82. The predicted molar refractivity (Wildman–Crippen MR) is 104 cm³/mol. The monoisotopic (exact) mass is 373 g/mol. The third kappa shape index (κ3) is 3.85. The van der Waals surface area contributed by atoms with Gasteiger partial charge in [0.05, 0.1) is 4.90 Å². The fourth-order valence-electron chi connectivity index (χ4n) is 3.18. The van der Waals surface area contributed by atoms with E-state index in [9.17, 15) is 4.21 Å². The third-order valence-electron chi connectivity index (χ3n) is 4.42. The van der Waals surface area contributed by atoms with Crippen molar-refractivity contribution in [3.05, 3.63) is 42.1 Å². The van der Waals surface area contributed by atoms with Gasteiger partial charge in [0.2, 0.25) is 0 Å². The zero-order chi connectivity index (χ0) is 18.5. The molecule has 1 aliphatic heterocycles. The quantitative estimate of drug-likeness (QED) is 0.265. The lowest BCUT2D eigenvalue weighted by molar-refractivity contribution is 0.573. The molecule has 138 valence electrons. The number of hydrogen-bond donors (Lipinski definition) is 4. The van der Waals surface area contributed by atoms with E-state index in [1.165, 1.54) is 19.3 Å². The molecule has 0 amide bonds. The van der Waals surface area contributed by atoms with Crippen molar-refractivity contribution in [1.29, 1.82) is 0 Å². The number of hydrazone groups is 1. The van der Waals surface area contributed by atoms with Crippen molar-refractivity contribution in [3.63, 3.8) is 0 Å². The Morgan fingerprint density at radius 3 is 2.58 bits per heavy atom. The molecular formula is C17H23N7OS. The first-order valence-corrected chi connectivity index (χ1v) is 9.63. The average Bonchev–Trinajstić information content (AvgIpc) is 2.68. The van der Waals surface area contributed by atoms with Gasteiger partial charge in [0, 0.05) is 30.4 Å². The number of nitrogens with zero attached hydrogens (tertiary/aromatic N) is 3. The molecule has 1 unspecified atom stereocenters. The normalized spacial score (nSPS) is 16.4. The molecule has 0 bridgehead atoms. The van der Waals surface area contributed by atoms with Crippen molar-refractivity contribution in [3.8, 4) is 11.1 Å². The summed E-state index contributed by atoms with van der Waals surface area (Å²) in [5.41, 5.74) is 10.2. The molecule has 0 spiro atoms. The van der Waals surface area contributed by atoms with E-state index in [1.54, 1.807) is 18.3 Å². The third-order valence-corrected chi connectivity index (χ3v) is 5.20. The largest absolute Gasteiger partial charge is 0.382 e. The second kappa shape index (κ2) is 8.26. The number of aromatic nitrogens is 1. The Morgan fingerprint density at radius 1 is 1.19 bits per heavy atom. The Kier molecular flexibility index (Phi) is 5.82. The molecule has 0 aliphatic carbocycles. The number of hydrogen-bond acceptors (Lipinski definition) is 6. The Labute approximate surface area is 155 Å². The molecule has 9 heteroatoms. The summed E-state index contributed by atoms with van der Waals surface area (Å²) in [4.78, 5) is 7.27. The molecular weight excluding hydrogens is 350 g/mol. The zero-order valence-electron chi connectivity index (χ0n) is 14.4. The predicted octanol–water partition coefficient (Wildman–Crippen LogP) is 0.804. The van der Waals surface area contributed by atoms with E-state index in [4.69, 9.17) is 16.7 Å². The Morgan fingerprint density at radius 2 is 1.96 bits per heavy atom. The molecule has 8 nitrogen and oxygen atoms in total. The Bertz CT molecular complexity index is 816. The van der Waals surface area contributed by atoms with Gasteiger partial charge in [0.15, 0.2) is 5.84 Å². The summed E-state index contributed by atoms with van der Waals surface area (Å²) >= 11 is 0. The smallest absolute Gasteiger partial charge is 0.154 e. The van der Waals surface area contributed by atoms with E-state index in [0.29, 0.717) is 10.5 Å². The van der Waals surface area contributed by atoms with Gasteiger partial charge in [-0.1, -0.05) is 12.1 Å². The molecule has 2 heterocycles. The lowest BCUT2D eigenvalue weighted by Gasteiger charge is -2.27. The van der Waals surface area contributed by atoms with Crippen molar-refractivity contribution >= 4 is 22.6 Å². The lowest BCUT2D eigenvalue weighted by Crippen LogP contribution is -2.30. The maximum atomic E-state index is 11.9. The number of pyridine rings is 1. The lowest BCUT2D eigenvalue weighted by atomic mass is 10.00. The highest BCUT2D eigenvalue weighted by Gasteiger charge is 2.18. The standard InChI is InChI=1S/C17H23N7OS/c18-17(22-23-19)16-13(5-4-6-14(16)26(20)25)12-7-8-15(21-11-12)24-9-2-1-3-10-24/h4-8,11,23H,1-3,9-10,19-20H2,(H2,18,22). The first-order valence-electron chi connectivity index (χ1n) is 8.41. The van der Waals surface area contributed by atoms with Crippen molar-refractivity contribution in [1.82, 2.24) is 10.5 Å². The van der Waals surface area contributed by atoms with Gasteiger partial charge in [-0.05, 0) is 43.0 Å². The zero-order valence-corrected chi connectivity index (χ0v) is 15.2. The van der Waals surface area contributed by atoms with Gasteiger partial charge in [0.25, 0.3) is 0 Å². The van der Waals surface area contributed by atoms with Crippen LogP contribution in [0.2, 0.25) is 0 Å². The maximum Gasteiger partial charge on any atom is 0.154 e. The van der Waals surface area contributed by atoms with Crippen LogP contribution in [-0.4, -0.2) is 28.1 Å². The van der Waals surface area contributed by atoms with E-state index >= 15 is 0 Å². The summed E-state index contributed by atoms with van der Waals surface area (Å²) in [6, 6.07) is 9.26. The van der Waals surface area contributed by atoms with Crippen LogP contribution in [0.3, 0.4) is 0 Å². The Balaban J connectivity index is 2.01. The van der Waals surface area contributed by atoms with E-state index in [2.05, 4.69) is 20.5 Å². The van der Waals surface area contributed by atoms with Crippen LogP contribution in [0.25, 0.3) is 11.1 Å². The van der Waals surface area contributed by atoms with Crippen LogP contribution >= 0.6 is 0 Å². The van der Waals surface area contributed by atoms with Crippen molar-refractivity contribution in [2.75, 3.05) is 18.0 Å². The molecule has 1 aromatic heterocycles. The van der Waals surface area contributed by atoms with Gasteiger partial charge in [-0.2, -0.15) is 0 Å². The molecule has 1 fully saturated rings. The molecule has 1 saturated heterocycles. The summed E-state index contributed by atoms with van der Waals surface area (Å²) in [5.74, 6) is 6.31. The number of rotatable bonds is 5. The molecule has 2 aromatic rings. The van der Waals surface area contributed by atoms with Crippen molar-refractivity contribution in [2.45, 2.75) is 24.2 Å². The topological polar surface area (TPSA) is 136 Å². The Hall–Kier alpha value is -2.49. The highest BCUT2D eigenvalue weighted by atomic mass is 32.2. The minimum Gasteiger partial charge on any atom is -0.382 e. The van der Waals surface area contributed by atoms with Crippen LogP contribution < -0.4 is 27.2 Å². The number of nitrogens with one attached hydrogen (secondary N) is 1. The van der Waals surface area contributed by atoms with E-state index in [-0.39, 0.29) is 5.84 Å². The van der Waals surface area contributed by atoms with Gasteiger partial charge in [-0.3, -0.25) is 0 Å². The van der Waals surface area contributed by atoms with Crippen LogP contribution in [-0.2, 0) is 11.0 Å². The summed E-state index contributed by atoms with van der Waals surface area (Å²) in [6.07, 6.45) is 5.44. The second-order valence-electron chi connectivity index (χ2n) is 6.06. The van der Waals surface area contributed by atoms with Crippen LogP contribution in [0.15, 0.2) is 46.5 Å². The van der Waals surface area contributed by atoms with Crippen molar-refractivity contribution in [2.24, 2.45) is 21.8 Å². The maximum absolute atomic E-state index is 11.9. The van der Waals surface area contributed by atoms with Gasteiger partial charge in [0.1, 0.15) is 16.8 Å². The summed E-state index contributed by atoms with van der Waals surface area (Å²) in [5, 5.41) is 9.42. The molecule has 7 N–H and O–H groups in total. The molecule has 1 aromatic carbocycles. The van der Waals surface area contributed by atoms with E-state index in [0.717, 1.165) is 30.0 Å². The van der Waals surface area contributed by atoms with Crippen LogP contribution in [0.1, 0.15) is 24.8 Å². The second-order valence-corrected chi connectivity index (χ2v) is 7.09. The number of hydrazine groups is 1. The van der Waals surface area contributed by atoms with Gasteiger partial charge >= 0.3 is 0 Å². The first-order chi connectivity index (χ1) is 12.6.